The first kappa shape index (κ1) is 14.6. The average molecular weight is 271 g/mol. The molecule has 6 nitrogen and oxygen atoms in total. The lowest BCUT2D eigenvalue weighted by molar-refractivity contribution is -0.119. The van der Waals surface area contributed by atoms with Crippen LogP contribution in [-0.2, 0) is 14.8 Å². The van der Waals surface area contributed by atoms with Crippen LogP contribution in [0.15, 0.2) is 29.2 Å². The Balaban J connectivity index is 2.94. The van der Waals surface area contributed by atoms with Gasteiger partial charge in [-0.05, 0) is 25.2 Å². The maximum atomic E-state index is 11.6. The number of nitrogens with two attached hydrogens (primary N) is 1. The lowest BCUT2D eigenvalue weighted by Gasteiger charge is -2.11. The van der Waals surface area contributed by atoms with Crippen LogP contribution in [0.5, 0.6) is 0 Å². The Labute approximate surface area is 107 Å². The van der Waals surface area contributed by atoms with Crippen LogP contribution in [0, 0.1) is 5.92 Å². The van der Waals surface area contributed by atoms with Gasteiger partial charge >= 0.3 is 0 Å². The minimum absolute atomic E-state index is 0.100. The predicted molar refractivity (Wildman–Crippen MR) is 69.5 cm³/mol. The molecule has 0 aliphatic rings. The molecule has 1 rings (SSSR count). The zero-order valence-corrected chi connectivity index (χ0v) is 11.1. The summed E-state index contributed by atoms with van der Waals surface area (Å²) in [6.45, 7) is 1.93. The van der Waals surface area contributed by atoms with Crippen molar-refractivity contribution in [3.63, 3.8) is 0 Å². The van der Waals surface area contributed by atoms with Crippen LogP contribution in [0.2, 0.25) is 0 Å². The van der Waals surface area contributed by atoms with Crippen molar-refractivity contribution in [1.29, 1.82) is 0 Å². The molecule has 1 aromatic rings. The Hall–Kier alpha value is -1.44. The first-order valence-corrected chi connectivity index (χ1v) is 6.93. The molecule has 0 fully saturated rings. The van der Waals surface area contributed by atoms with Crippen LogP contribution < -0.4 is 15.8 Å². The molecule has 0 aromatic heterocycles. The Kier molecular flexibility index (Phi) is 4.83. The number of anilines is 1. The van der Waals surface area contributed by atoms with Crippen LogP contribution in [-0.4, -0.2) is 27.9 Å². The van der Waals surface area contributed by atoms with E-state index in [0.29, 0.717) is 5.69 Å². The molecule has 0 spiro atoms. The summed E-state index contributed by atoms with van der Waals surface area (Å²) in [5.74, 6) is -0.564. The highest BCUT2D eigenvalue weighted by Gasteiger charge is 2.14. The highest BCUT2D eigenvalue weighted by atomic mass is 32.2. The SMILES string of the molecule is CNS(=O)(=O)c1cccc(NC(=O)C(C)CN)c1. The Morgan fingerprint density at radius 2 is 2.11 bits per heavy atom. The van der Waals surface area contributed by atoms with Gasteiger partial charge in [0.05, 0.1) is 4.90 Å². The fourth-order valence-electron chi connectivity index (χ4n) is 1.23. The first-order valence-electron chi connectivity index (χ1n) is 5.45. The van der Waals surface area contributed by atoms with E-state index in [-0.39, 0.29) is 23.3 Å². The van der Waals surface area contributed by atoms with E-state index in [1.54, 1.807) is 19.1 Å². The smallest absolute Gasteiger partial charge is 0.240 e. The zero-order valence-electron chi connectivity index (χ0n) is 10.3. The summed E-state index contributed by atoms with van der Waals surface area (Å²) in [4.78, 5) is 11.7. The molecule has 7 heteroatoms. The molecule has 0 saturated heterocycles. The summed E-state index contributed by atoms with van der Waals surface area (Å²) in [6, 6.07) is 6.03. The molecular weight excluding hydrogens is 254 g/mol. The Bertz CT molecular complexity index is 528. The van der Waals surface area contributed by atoms with Gasteiger partial charge in [-0.15, -0.1) is 0 Å². The lowest BCUT2D eigenvalue weighted by atomic mass is 10.1. The molecule has 18 heavy (non-hydrogen) atoms. The molecule has 1 atom stereocenters. The zero-order chi connectivity index (χ0) is 13.8. The molecule has 0 aliphatic heterocycles. The Morgan fingerprint density at radius 3 is 2.67 bits per heavy atom. The van der Waals surface area contributed by atoms with E-state index in [1.165, 1.54) is 19.2 Å². The van der Waals surface area contributed by atoms with Gasteiger partial charge in [0.1, 0.15) is 0 Å². The normalized spacial score (nSPS) is 13.1. The van der Waals surface area contributed by atoms with Crippen LogP contribution >= 0.6 is 0 Å². The van der Waals surface area contributed by atoms with E-state index in [9.17, 15) is 13.2 Å². The molecule has 0 aliphatic carbocycles. The highest BCUT2D eigenvalue weighted by Crippen LogP contribution is 2.15. The summed E-state index contributed by atoms with van der Waals surface area (Å²) in [6.07, 6.45) is 0. The van der Waals surface area contributed by atoms with Gasteiger partial charge in [-0.1, -0.05) is 13.0 Å². The number of sulfonamides is 1. The maximum absolute atomic E-state index is 11.6. The summed E-state index contributed by atoms with van der Waals surface area (Å²) < 4.78 is 25.4. The molecule has 0 saturated carbocycles. The summed E-state index contributed by atoms with van der Waals surface area (Å²) in [5, 5.41) is 2.62. The van der Waals surface area contributed by atoms with E-state index in [1.807, 2.05) is 0 Å². The molecular formula is C11H17N3O3S. The van der Waals surface area contributed by atoms with E-state index in [2.05, 4.69) is 10.0 Å². The van der Waals surface area contributed by atoms with E-state index < -0.39 is 10.0 Å². The molecule has 1 unspecified atom stereocenters. The maximum Gasteiger partial charge on any atom is 0.240 e. The van der Waals surface area contributed by atoms with E-state index >= 15 is 0 Å². The van der Waals surface area contributed by atoms with Crippen LogP contribution in [0.25, 0.3) is 0 Å². The molecule has 100 valence electrons. The fourth-order valence-corrected chi connectivity index (χ4v) is 2.01. The molecule has 1 aromatic carbocycles. The monoisotopic (exact) mass is 271 g/mol. The lowest BCUT2D eigenvalue weighted by Crippen LogP contribution is -2.26. The quantitative estimate of drug-likeness (QED) is 0.708. The number of benzene rings is 1. The van der Waals surface area contributed by atoms with Crippen molar-refractivity contribution in [3.8, 4) is 0 Å². The van der Waals surface area contributed by atoms with E-state index in [0.717, 1.165) is 0 Å². The second-order valence-electron chi connectivity index (χ2n) is 3.86. The molecule has 0 radical (unpaired) electrons. The van der Waals surface area contributed by atoms with Gasteiger partial charge in [-0.2, -0.15) is 0 Å². The van der Waals surface area contributed by atoms with Crippen molar-refractivity contribution in [1.82, 2.24) is 4.72 Å². The van der Waals surface area contributed by atoms with Crippen LogP contribution in [0.3, 0.4) is 0 Å². The minimum Gasteiger partial charge on any atom is -0.330 e. The summed E-state index contributed by atoms with van der Waals surface area (Å²) in [5.41, 5.74) is 5.81. The fraction of sp³-hybridized carbons (Fsp3) is 0.364. The van der Waals surface area contributed by atoms with Crippen molar-refractivity contribution in [2.75, 3.05) is 18.9 Å². The van der Waals surface area contributed by atoms with Gasteiger partial charge in [0.2, 0.25) is 15.9 Å². The third-order valence-electron chi connectivity index (χ3n) is 2.48. The number of amides is 1. The largest absolute Gasteiger partial charge is 0.330 e. The number of hydrogen-bond acceptors (Lipinski definition) is 4. The average Bonchev–Trinajstić information content (AvgIpc) is 2.38. The summed E-state index contributed by atoms with van der Waals surface area (Å²) >= 11 is 0. The van der Waals surface area contributed by atoms with Gasteiger partial charge in [0.25, 0.3) is 0 Å². The van der Waals surface area contributed by atoms with Gasteiger partial charge in [-0.25, -0.2) is 13.1 Å². The van der Waals surface area contributed by atoms with Gasteiger partial charge in [-0.3, -0.25) is 4.79 Å². The molecule has 1 amide bonds. The molecule has 0 heterocycles. The number of rotatable bonds is 5. The number of carbonyl (C=O) groups excluding carboxylic acids is 1. The van der Waals surface area contributed by atoms with Crippen molar-refractivity contribution < 1.29 is 13.2 Å². The highest BCUT2D eigenvalue weighted by molar-refractivity contribution is 7.89. The van der Waals surface area contributed by atoms with Gasteiger partial charge in [0, 0.05) is 18.2 Å². The van der Waals surface area contributed by atoms with Gasteiger partial charge < -0.3 is 11.1 Å². The first-order chi connectivity index (χ1) is 8.40. The van der Waals surface area contributed by atoms with Gasteiger partial charge in [0.15, 0.2) is 0 Å². The minimum atomic E-state index is -3.51. The second-order valence-corrected chi connectivity index (χ2v) is 5.75. The van der Waals surface area contributed by atoms with Crippen molar-refractivity contribution >= 4 is 21.6 Å². The van der Waals surface area contributed by atoms with Crippen molar-refractivity contribution in [3.05, 3.63) is 24.3 Å². The molecule has 4 N–H and O–H groups in total. The second kappa shape index (κ2) is 5.94. The summed E-state index contributed by atoms with van der Waals surface area (Å²) in [7, 11) is -2.18. The number of carbonyl (C=O) groups is 1. The Morgan fingerprint density at radius 1 is 1.44 bits per heavy atom. The standard InChI is InChI=1S/C11H17N3O3S/c1-8(7-12)11(15)14-9-4-3-5-10(6-9)18(16,17)13-2/h3-6,8,13H,7,12H2,1-2H3,(H,14,15). The van der Waals surface area contributed by atoms with E-state index in [4.69, 9.17) is 5.73 Å². The third-order valence-corrected chi connectivity index (χ3v) is 3.89. The molecule has 0 bridgehead atoms. The predicted octanol–water partition coefficient (Wildman–Crippen LogP) is 0.128. The van der Waals surface area contributed by atoms with Crippen molar-refractivity contribution in [2.45, 2.75) is 11.8 Å². The number of nitrogens with one attached hydrogen (secondary N) is 2. The number of hydrogen-bond donors (Lipinski definition) is 3. The van der Waals surface area contributed by atoms with Crippen LogP contribution in [0.4, 0.5) is 5.69 Å². The van der Waals surface area contributed by atoms with Crippen LogP contribution in [0.1, 0.15) is 6.92 Å². The van der Waals surface area contributed by atoms with Crippen molar-refractivity contribution in [2.24, 2.45) is 11.7 Å². The third kappa shape index (κ3) is 3.52. The topological polar surface area (TPSA) is 101 Å².